The van der Waals surface area contributed by atoms with E-state index in [1.807, 2.05) is 48.5 Å². The fraction of sp³-hybridized carbons (Fsp3) is 0.455. The average Bonchev–Trinajstić information content (AvgIpc) is 3.14. The number of likely N-dealkylation sites (tertiary alicyclic amines) is 1. The van der Waals surface area contributed by atoms with Crippen LogP contribution < -0.4 is 4.74 Å². The summed E-state index contributed by atoms with van der Waals surface area (Å²) >= 11 is 0. The van der Waals surface area contributed by atoms with Gasteiger partial charge >= 0.3 is 0 Å². The number of benzene rings is 1. The second-order valence-corrected chi connectivity index (χ2v) is 7.89. The zero-order valence-electron chi connectivity index (χ0n) is 16.1. The highest BCUT2D eigenvalue weighted by Crippen LogP contribution is 2.35. The maximum atomic E-state index is 13.1. The molecule has 5 rings (SSSR count). The summed E-state index contributed by atoms with van der Waals surface area (Å²) in [7, 11) is 1.90. The number of nitrogens with zero attached hydrogens (tertiary/aromatic N) is 3. The number of carbonyl (C=O) groups excluding carboxylic acids is 1. The number of amides is 1. The summed E-state index contributed by atoms with van der Waals surface area (Å²) in [6.45, 7) is 3.36. The Balaban J connectivity index is 1.44. The minimum Gasteiger partial charge on any atom is -0.486 e. The molecule has 2 saturated heterocycles. The second kappa shape index (κ2) is 7.18. The van der Waals surface area contributed by atoms with Gasteiger partial charge in [0.25, 0.3) is 5.91 Å². The number of ether oxygens (including phenoxy) is 2. The molecule has 2 aromatic rings. The molecule has 3 aliphatic rings. The van der Waals surface area contributed by atoms with Crippen LogP contribution in [0.5, 0.6) is 5.75 Å². The van der Waals surface area contributed by atoms with Crippen LogP contribution in [0.4, 0.5) is 0 Å². The van der Waals surface area contributed by atoms with Crippen molar-refractivity contribution in [3.8, 4) is 16.9 Å². The first-order valence-electron chi connectivity index (χ1n) is 10.0. The zero-order chi connectivity index (χ0) is 19.1. The second-order valence-electron chi connectivity index (χ2n) is 7.89. The van der Waals surface area contributed by atoms with Crippen molar-refractivity contribution < 1.29 is 14.3 Å². The molecule has 146 valence electrons. The first-order valence-corrected chi connectivity index (χ1v) is 10.0. The van der Waals surface area contributed by atoms with E-state index in [9.17, 15) is 4.79 Å². The van der Waals surface area contributed by atoms with E-state index in [0.717, 1.165) is 50.3 Å². The molecular weight excluding hydrogens is 354 g/mol. The number of fused-ring (bicyclic) bond motifs is 2. The van der Waals surface area contributed by atoms with Crippen LogP contribution in [0.3, 0.4) is 0 Å². The van der Waals surface area contributed by atoms with Gasteiger partial charge in [-0.25, -0.2) is 0 Å². The van der Waals surface area contributed by atoms with Crippen LogP contribution in [0.25, 0.3) is 11.1 Å². The van der Waals surface area contributed by atoms with Crippen molar-refractivity contribution in [1.29, 1.82) is 0 Å². The first kappa shape index (κ1) is 17.6. The van der Waals surface area contributed by atoms with Gasteiger partial charge in [-0.05, 0) is 36.6 Å². The van der Waals surface area contributed by atoms with E-state index in [-0.39, 0.29) is 18.1 Å². The lowest BCUT2D eigenvalue weighted by Crippen LogP contribution is -2.44. The van der Waals surface area contributed by atoms with Gasteiger partial charge < -0.3 is 14.4 Å². The van der Waals surface area contributed by atoms with E-state index in [4.69, 9.17) is 9.47 Å². The lowest BCUT2D eigenvalue weighted by Gasteiger charge is -2.31. The lowest BCUT2D eigenvalue weighted by atomic mass is 10.0. The summed E-state index contributed by atoms with van der Waals surface area (Å²) in [4.78, 5) is 21.7. The summed E-state index contributed by atoms with van der Waals surface area (Å²) in [5.74, 6) is 0.716. The number of carbonyl (C=O) groups is 1. The maximum Gasteiger partial charge on any atom is 0.257 e. The van der Waals surface area contributed by atoms with Crippen molar-refractivity contribution in [1.82, 2.24) is 14.8 Å². The highest BCUT2D eigenvalue weighted by Gasteiger charge is 2.44. The minimum absolute atomic E-state index is 0.0119. The summed E-state index contributed by atoms with van der Waals surface area (Å²) < 4.78 is 12.0. The van der Waals surface area contributed by atoms with Crippen LogP contribution in [0.2, 0.25) is 0 Å². The highest BCUT2D eigenvalue weighted by molar-refractivity contribution is 5.98. The van der Waals surface area contributed by atoms with E-state index >= 15 is 0 Å². The molecule has 0 N–H and O–H groups in total. The topological polar surface area (TPSA) is 54.9 Å². The van der Waals surface area contributed by atoms with Crippen molar-refractivity contribution in [3.63, 3.8) is 0 Å². The normalized spacial score (nSPS) is 25.8. The number of pyridine rings is 1. The lowest BCUT2D eigenvalue weighted by molar-refractivity contribution is 0.0379. The van der Waals surface area contributed by atoms with Gasteiger partial charge in [-0.15, -0.1) is 0 Å². The molecule has 4 heterocycles. The summed E-state index contributed by atoms with van der Waals surface area (Å²) in [6.07, 6.45) is 5.69. The molecular formula is C22H25N3O3. The number of aromatic nitrogens is 1. The van der Waals surface area contributed by atoms with Crippen LogP contribution >= 0.6 is 0 Å². The molecule has 6 heteroatoms. The maximum absolute atomic E-state index is 13.1. The van der Waals surface area contributed by atoms with Gasteiger partial charge in [-0.3, -0.25) is 14.7 Å². The van der Waals surface area contributed by atoms with E-state index in [1.165, 1.54) is 0 Å². The number of hydrogen-bond donors (Lipinski definition) is 0. The first-order chi connectivity index (χ1) is 13.7. The summed E-state index contributed by atoms with van der Waals surface area (Å²) in [6, 6.07) is 10.4. The Morgan fingerprint density at radius 3 is 2.75 bits per heavy atom. The van der Waals surface area contributed by atoms with Crippen LogP contribution in [0.1, 0.15) is 23.2 Å². The average molecular weight is 379 g/mol. The fourth-order valence-corrected chi connectivity index (χ4v) is 4.63. The van der Waals surface area contributed by atoms with Crippen LogP contribution in [0, 0.1) is 0 Å². The van der Waals surface area contributed by atoms with Gasteiger partial charge in [0.1, 0.15) is 11.9 Å². The van der Waals surface area contributed by atoms with Gasteiger partial charge in [-0.1, -0.05) is 12.1 Å². The molecule has 1 amide bonds. The Kier molecular flexibility index (Phi) is 4.53. The van der Waals surface area contributed by atoms with Crippen LogP contribution in [-0.2, 0) is 4.74 Å². The van der Waals surface area contributed by atoms with Crippen molar-refractivity contribution in [2.45, 2.75) is 31.0 Å². The third kappa shape index (κ3) is 3.06. The SMILES string of the molecule is CN1C(=O)c2ccc(-c3cccnc3)cc2O[C@H]2CN(C3CCOCC3)C[C@H]21. The Morgan fingerprint density at radius 1 is 1.11 bits per heavy atom. The predicted octanol–water partition coefficient (Wildman–Crippen LogP) is 2.44. The summed E-state index contributed by atoms with van der Waals surface area (Å²) in [5.41, 5.74) is 2.67. The van der Waals surface area contributed by atoms with E-state index in [2.05, 4.69) is 9.88 Å². The number of rotatable bonds is 2. The van der Waals surface area contributed by atoms with Crippen molar-refractivity contribution >= 4 is 5.91 Å². The molecule has 0 radical (unpaired) electrons. The molecule has 0 bridgehead atoms. The largest absolute Gasteiger partial charge is 0.486 e. The van der Waals surface area contributed by atoms with E-state index in [0.29, 0.717) is 17.4 Å². The highest BCUT2D eigenvalue weighted by atomic mass is 16.5. The molecule has 2 atom stereocenters. The monoisotopic (exact) mass is 379 g/mol. The zero-order valence-corrected chi connectivity index (χ0v) is 16.1. The standard InChI is InChI=1S/C22H25N3O3/c1-24-19-13-25(17-6-9-27-10-7-17)14-21(19)28-20-11-15(4-5-18(20)22(24)26)16-3-2-8-23-12-16/h2-5,8,11-12,17,19,21H,6-7,9-10,13-14H2,1H3/t19-,21+/m1/s1. The molecule has 0 spiro atoms. The third-order valence-corrected chi connectivity index (χ3v) is 6.28. The van der Waals surface area contributed by atoms with E-state index < -0.39 is 0 Å². The Bertz CT molecular complexity index is 867. The smallest absolute Gasteiger partial charge is 0.257 e. The van der Waals surface area contributed by atoms with Crippen molar-refractivity contribution in [3.05, 3.63) is 48.3 Å². The van der Waals surface area contributed by atoms with Gasteiger partial charge in [0.05, 0.1) is 11.6 Å². The predicted molar refractivity (Wildman–Crippen MR) is 105 cm³/mol. The Hall–Kier alpha value is -2.44. The van der Waals surface area contributed by atoms with Crippen molar-refractivity contribution in [2.24, 2.45) is 0 Å². The summed E-state index contributed by atoms with van der Waals surface area (Å²) in [5, 5.41) is 0. The van der Waals surface area contributed by atoms with Crippen molar-refractivity contribution in [2.75, 3.05) is 33.4 Å². The molecule has 6 nitrogen and oxygen atoms in total. The molecule has 0 unspecified atom stereocenters. The van der Waals surface area contributed by atoms with Gasteiger partial charge in [0.15, 0.2) is 0 Å². The van der Waals surface area contributed by atoms with Gasteiger partial charge in [0.2, 0.25) is 0 Å². The molecule has 1 aromatic heterocycles. The Labute approximate surface area is 165 Å². The molecule has 0 saturated carbocycles. The molecule has 2 fully saturated rings. The fourth-order valence-electron chi connectivity index (χ4n) is 4.63. The molecule has 0 aliphatic carbocycles. The Morgan fingerprint density at radius 2 is 1.96 bits per heavy atom. The molecule has 3 aliphatic heterocycles. The van der Waals surface area contributed by atoms with E-state index in [1.54, 1.807) is 6.20 Å². The third-order valence-electron chi connectivity index (χ3n) is 6.28. The molecule has 1 aromatic carbocycles. The van der Waals surface area contributed by atoms with Crippen LogP contribution in [0.15, 0.2) is 42.7 Å². The minimum atomic E-state index is -0.0119. The number of hydrogen-bond acceptors (Lipinski definition) is 5. The molecule has 28 heavy (non-hydrogen) atoms. The van der Waals surface area contributed by atoms with Gasteiger partial charge in [0, 0.05) is 57.3 Å². The number of likely N-dealkylation sites (N-methyl/N-ethyl adjacent to an activating group) is 1. The van der Waals surface area contributed by atoms with Crippen LogP contribution in [-0.4, -0.2) is 72.2 Å². The quantitative estimate of drug-likeness (QED) is 0.802. The van der Waals surface area contributed by atoms with Gasteiger partial charge in [-0.2, -0.15) is 0 Å².